The Morgan fingerprint density at radius 3 is 2.09 bits per heavy atom. The molecule has 23 heavy (non-hydrogen) atoms. The van der Waals surface area contributed by atoms with Gasteiger partial charge in [-0.05, 0) is 38.0 Å². The molecule has 130 valence electrons. The van der Waals surface area contributed by atoms with Crippen LogP contribution < -0.4 is 5.73 Å². The standard InChI is InChI=1S/C19H31NO3/c1-17(21)23-19(15-11-9-13-18(19)22)14-10-7-5-3-2-4-6-8-12-16-20/h9,11,13,15H,2-8,10,12,14,16,20H2,1H3. The number of hydrogen-bond acceptors (Lipinski definition) is 4. The molecule has 0 amide bonds. The number of esters is 1. The number of ketones is 1. The van der Waals surface area contributed by atoms with Crippen LogP contribution >= 0.6 is 0 Å². The highest BCUT2D eigenvalue weighted by Gasteiger charge is 2.37. The predicted octanol–water partition coefficient (Wildman–Crippen LogP) is 3.84. The Kier molecular flexibility index (Phi) is 9.53. The summed E-state index contributed by atoms with van der Waals surface area (Å²) >= 11 is 0. The maximum atomic E-state index is 12.1. The van der Waals surface area contributed by atoms with Crippen LogP contribution in [0.15, 0.2) is 24.3 Å². The van der Waals surface area contributed by atoms with Crippen molar-refractivity contribution >= 4 is 11.8 Å². The first-order chi connectivity index (χ1) is 11.1. The highest BCUT2D eigenvalue weighted by Crippen LogP contribution is 2.27. The van der Waals surface area contributed by atoms with E-state index in [1.165, 1.54) is 51.5 Å². The van der Waals surface area contributed by atoms with Gasteiger partial charge in [-0.25, -0.2) is 0 Å². The molecular formula is C19H31NO3. The van der Waals surface area contributed by atoms with Crippen molar-refractivity contribution in [3.05, 3.63) is 24.3 Å². The summed E-state index contributed by atoms with van der Waals surface area (Å²) in [7, 11) is 0. The third kappa shape index (κ3) is 7.60. The maximum Gasteiger partial charge on any atom is 0.303 e. The molecule has 1 rings (SSSR count). The summed E-state index contributed by atoms with van der Waals surface area (Å²) in [6.45, 7) is 2.15. The molecule has 2 N–H and O–H groups in total. The molecule has 1 atom stereocenters. The quantitative estimate of drug-likeness (QED) is 0.438. The van der Waals surface area contributed by atoms with E-state index in [4.69, 9.17) is 10.5 Å². The average Bonchev–Trinajstić information content (AvgIpc) is 2.51. The third-order valence-corrected chi connectivity index (χ3v) is 4.22. The van der Waals surface area contributed by atoms with Crippen LogP contribution in [0, 0.1) is 0 Å². The first-order valence-corrected chi connectivity index (χ1v) is 8.91. The Bertz CT molecular complexity index is 428. The smallest absolute Gasteiger partial charge is 0.303 e. The van der Waals surface area contributed by atoms with Gasteiger partial charge in [0.25, 0.3) is 0 Å². The summed E-state index contributed by atoms with van der Waals surface area (Å²) in [5.74, 6) is -0.536. The summed E-state index contributed by atoms with van der Waals surface area (Å²) in [4.78, 5) is 23.4. The van der Waals surface area contributed by atoms with E-state index in [1.807, 2.05) is 0 Å². The second-order valence-corrected chi connectivity index (χ2v) is 6.29. The lowest BCUT2D eigenvalue weighted by Gasteiger charge is -2.29. The van der Waals surface area contributed by atoms with Gasteiger partial charge in [0.1, 0.15) is 0 Å². The van der Waals surface area contributed by atoms with Crippen molar-refractivity contribution < 1.29 is 14.3 Å². The molecule has 0 fully saturated rings. The minimum atomic E-state index is -1.07. The summed E-state index contributed by atoms with van der Waals surface area (Å²) in [5.41, 5.74) is 4.41. The van der Waals surface area contributed by atoms with Gasteiger partial charge in [0.05, 0.1) is 0 Å². The molecule has 0 aromatic heterocycles. The van der Waals surface area contributed by atoms with Crippen molar-refractivity contribution in [3.8, 4) is 0 Å². The van der Waals surface area contributed by atoms with E-state index in [2.05, 4.69) is 0 Å². The highest BCUT2D eigenvalue weighted by atomic mass is 16.6. The van der Waals surface area contributed by atoms with Crippen LogP contribution in [0.1, 0.15) is 71.1 Å². The zero-order valence-corrected chi connectivity index (χ0v) is 14.4. The SMILES string of the molecule is CC(=O)OC1(CCCCCCCCCCCN)C=CC=CC1=O. The lowest BCUT2D eigenvalue weighted by Crippen LogP contribution is -2.41. The third-order valence-electron chi connectivity index (χ3n) is 4.22. The average molecular weight is 321 g/mol. The fourth-order valence-electron chi connectivity index (χ4n) is 2.94. The molecule has 0 spiro atoms. The molecule has 0 aromatic rings. The second-order valence-electron chi connectivity index (χ2n) is 6.29. The van der Waals surface area contributed by atoms with Crippen LogP contribution in [0.4, 0.5) is 0 Å². The van der Waals surface area contributed by atoms with Crippen molar-refractivity contribution in [2.45, 2.75) is 76.7 Å². The summed E-state index contributed by atoms with van der Waals surface area (Å²) < 4.78 is 5.34. The Morgan fingerprint density at radius 2 is 1.57 bits per heavy atom. The number of ether oxygens (including phenoxy) is 1. The van der Waals surface area contributed by atoms with Gasteiger partial charge in [-0.1, -0.05) is 57.1 Å². The number of unbranched alkanes of at least 4 members (excludes halogenated alkanes) is 8. The largest absolute Gasteiger partial charge is 0.447 e. The van der Waals surface area contributed by atoms with Gasteiger partial charge >= 0.3 is 5.97 Å². The predicted molar refractivity (Wildman–Crippen MR) is 93.0 cm³/mol. The first kappa shape index (κ1) is 19.6. The number of carbonyl (C=O) groups excluding carboxylic acids is 2. The number of hydrogen-bond donors (Lipinski definition) is 1. The molecule has 0 saturated carbocycles. The van der Waals surface area contributed by atoms with E-state index in [1.54, 1.807) is 18.2 Å². The van der Waals surface area contributed by atoms with Crippen molar-refractivity contribution in [1.82, 2.24) is 0 Å². The van der Waals surface area contributed by atoms with E-state index in [-0.39, 0.29) is 5.78 Å². The summed E-state index contributed by atoms with van der Waals surface area (Å²) in [6, 6.07) is 0. The van der Waals surface area contributed by atoms with E-state index in [0.29, 0.717) is 6.42 Å². The van der Waals surface area contributed by atoms with Gasteiger partial charge in [0, 0.05) is 6.92 Å². The summed E-state index contributed by atoms with van der Waals surface area (Å²) in [6.07, 6.45) is 17.8. The van der Waals surface area contributed by atoms with E-state index >= 15 is 0 Å². The van der Waals surface area contributed by atoms with Gasteiger partial charge in [-0.3, -0.25) is 9.59 Å². The van der Waals surface area contributed by atoms with Crippen molar-refractivity contribution in [1.29, 1.82) is 0 Å². The normalized spacial score (nSPS) is 20.0. The van der Waals surface area contributed by atoms with Crippen LogP contribution in [-0.2, 0) is 14.3 Å². The van der Waals surface area contributed by atoms with Gasteiger partial charge < -0.3 is 10.5 Å². The molecule has 1 unspecified atom stereocenters. The number of nitrogens with two attached hydrogens (primary N) is 1. The van der Waals surface area contributed by atoms with Crippen LogP contribution in [0.5, 0.6) is 0 Å². The zero-order valence-electron chi connectivity index (χ0n) is 14.4. The van der Waals surface area contributed by atoms with Crippen LogP contribution in [0.25, 0.3) is 0 Å². The lowest BCUT2D eigenvalue weighted by molar-refractivity contribution is -0.159. The van der Waals surface area contributed by atoms with Crippen molar-refractivity contribution in [2.24, 2.45) is 5.73 Å². The molecule has 0 saturated heterocycles. The highest BCUT2D eigenvalue weighted by molar-refractivity contribution is 6.01. The second kappa shape index (κ2) is 11.2. The van der Waals surface area contributed by atoms with Gasteiger partial charge in [0.2, 0.25) is 5.78 Å². The fourth-order valence-corrected chi connectivity index (χ4v) is 2.94. The number of allylic oxidation sites excluding steroid dienone is 2. The molecule has 0 aromatic carbocycles. The zero-order chi connectivity index (χ0) is 17.0. The summed E-state index contributed by atoms with van der Waals surface area (Å²) in [5, 5.41) is 0. The Morgan fingerprint density at radius 1 is 1.00 bits per heavy atom. The Balaban J connectivity index is 2.19. The fraction of sp³-hybridized carbons (Fsp3) is 0.684. The minimum absolute atomic E-state index is 0.130. The molecule has 1 aliphatic carbocycles. The monoisotopic (exact) mass is 321 g/mol. The topological polar surface area (TPSA) is 69.4 Å². The van der Waals surface area contributed by atoms with Crippen molar-refractivity contribution in [3.63, 3.8) is 0 Å². The Hall–Kier alpha value is -1.42. The molecule has 4 heteroatoms. The van der Waals surface area contributed by atoms with Gasteiger partial charge in [-0.15, -0.1) is 0 Å². The van der Waals surface area contributed by atoms with Gasteiger partial charge in [-0.2, -0.15) is 0 Å². The van der Waals surface area contributed by atoms with Crippen LogP contribution in [-0.4, -0.2) is 23.9 Å². The molecular weight excluding hydrogens is 290 g/mol. The molecule has 0 radical (unpaired) electrons. The maximum absolute atomic E-state index is 12.1. The van der Waals surface area contributed by atoms with E-state index < -0.39 is 11.6 Å². The minimum Gasteiger partial charge on any atom is -0.447 e. The van der Waals surface area contributed by atoms with Crippen molar-refractivity contribution in [2.75, 3.05) is 6.54 Å². The molecule has 0 aliphatic heterocycles. The van der Waals surface area contributed by atoms with Crippen LogP contribution in [0.3, 0.4) is 0 Å². The molecule has 4 nitrogen and oxygen atoms in total. The number of carbonyl (C=O) groups is 2. The first-order valence-electron chi connectivity index (χ1n) is 8.91. The molecule has 0 heterocycles. The lowest BCUT2D eigenvalue weighted by atomic mass is 9.87. The molecule has 1 aliphatic rings. The van der Waals surface area contributed by atoms with Gasteiger partial charge in [0.15, 0.2) is 5.60 Å². The van der Waals surface area contributed by atoms with Crippen LogP contribution in [0.2, 0.25) is 0 Å². The van der Waals surface area contributed by atoms with E-state index in [9.17, 15) is 9.59 Å². The Labute approximate surface area is 140 Å². The molecule has 0 bridgehead atoms. The van der Waals surface area contributed by atoms with E-state index in [0.717, 1.165) is 25.8 Å². The number of rotatable bonds is 12.